The van der Waals surface area contributed by atoms with Crippen LogP contribution in [0.15, 0.2) is 36.7 Å². The van der Waals surface area contributed by atoms with Crippen molar-refractivity contribution < 1.29 is 35.5 Å². The normalized spacial score (nSPS) is 17.3. The Balaban J connectivity index is 1.59. The Labute approximate surface area is 166 Å². The van der Waals surface area contributed by atoms with E-state index in [2.05, 4.69) is 10.3 Å². The zero-order chi connectivity index (χ0) is 22.1. The van der Waals surface area contributed by atoms with E-state index in [1.807, 2.05) is 0 Å². The van der Waals surface area contributed by atoms with Gasteiger partial charge in [-0.1, -0.05) is 6.07 Å². The van der Waals surface area contributed by atoms with Crippen LogP contribution in [0.2, 0.25) is 0 Å². The van der Waals surface area contributed by atoms with Crippen molar-refractivity contribution in [3.8, 4) is 0 Å². The first kappa shape index (κ1) is 21.8. The fourth-order valence-electron chi connectivity index (χ4n) is 3.19. The Morgan fingerprint density at radius 2 is 1.77 bits per heavy atom. The van der Waals surface area contributed by atoms with Gasteiger partial charge in [0.1, 0.15) is 5.82 Å². The van der Waals surface area contributed by atoms with Crippen LogP contribution in [-0.4, -0.2) is 30.0 Å². The van der Waals surface area contributed by atoms with Gasteiger partial charge in [-0.05, 0) is 30.2 Å². The van der Waals surface area contributed by atoms with Gasteiger partial charge in [0.2, 0.25) is 5.91 Å². The molecule has 162 valence electrons. The van der Waals surface area contributed by atoms with Crippen molar-refractivity contribution in [3.63, 3.8) is 0 Å². The van der Waals surface area contributed by atoms with Crippen molar-refractivity contribution in [1.82, 2.24) is 10.3 Å². The topological polar surface area (TPSA) is 45.2 Å². The van der Waals surface area contributed by atoms with Gasteiger partial charge in [0.15, 0.2) is 0 Å². The molecule has 1 aliphatic heterocycles. The molecule has 1 aromatic carbocycles. The fraction of sp³-hybridized carbons (Fsp3) is 0.368. The number of pyridine rings is 1. The van der Waals surface area contributed by atoms with Gasteiger partial charge in [0.05, 0.1) is 29.4 Å². The van der Waals surface area contributed by atoms with E-state index in [9.17, 15) is 35.5 Å². The Morgan fingerprint density at radius 3 is 2.40 bits per heavy atom. The van der Waals surface area contributed by atoms with E-state index in [-0.39, 0.29) is 17.8 Å². The molecular formula is C19H16F7N3O. The van der Waals surface area contributed by atoms with Crippen LogP contribution in [0, 0.1) is 5.82 Å². The van der Waals surface area contributed by atoms with Gasteiger partial charge >= 0.3 is 12.4 Å². The first-order chi connectivity index (χ1) is 13.9. The highest BCUT2D eigenvalue weighted by Crippen LogP contribution is 2.32. The molecule has 0 aliphatic carbocycles. The number of amides is 1. The Bertz CT molecular complexity index is 927. The first-order valence-corrected chi connectivity index (χ1v) is 8.85. The van der Waals surface area contributed by atoms with Gasteiger partial charge in [0, 0.05) is 25.3 Å². The lowest BCUT2D eigenvalue weighted by Crippen LogP contribution is -2.38. The van der Waals surface area contributed by atoms with Crippen LogP contribution in [0.25, 0.3) is 0 Å². The van der Waals surface area contributed by atoms with Crippen molar-refractivity contribution in [2.45, 2.75) is 31.2 Å². The van der Waals surface area contributed by atoms with Crippen molar-refractivity contribution in [3.05, 3.63) is 59.2 Å². The number of hydrogen-bond donors (Lipinski definition) is 1. The molecule has 2 aromatic rings. The van der Waals surface area contributed by atoms with Crippen LogP contribution in [0.3, 0.4) is 0 Å². The zero-order valence-electron chi connectivity index (χ0n) is 15.3. The number of rotatable bonds is 4. The summed E-state index contributed by atoms with van der Waals surface area (Å²) in [6, 6.07) is 2.51. The molecular weight excluding hydrogens is 419 g/mol. The average Bonchev–Trinajstić information content (AvgIpc) is 3.10. The van der Waals surface area contributed by atoms with Crippen molar-refractivity contribution in [2.24, 2.45) is 0 Å². The Hall–Kier alpha value is -2.85. The summed E-state index contributed by atoms with van der Waals surface area (Å²) in [6.07, 6.45) is -7.22. The summed E-state index contributed by atoms with van der Waals surface area (Å²) in [6.45, 7) is 0.604. The van der Waals surface area contributed by atoms with E-state index >= 15 is 0 Å². The number of nitrogens with one attached hydrogen (secondary N) is 1. The van der Waals surface area contributed by atoms with E-state index in [0.717, 1.165) is 18.3 Å². The van der Waals surface area contributed by atoms with Crippen LogP contribution in [0.1, 0.15) is 23.1 Å². The molecule has 1 N–H and O–H groups in total. The third-order valence-electron chi connectivity index (χ3n) is 4.70. The summed E-state index contributed by atoms with van der Waals surface area (Å²) in [4.78, 5) is 17.4. The molecule has 0 saturated carbocycles. The van der Waals surface area contributed by atoms with Crippen LogP contribution in [-0.2, 0) is 23.6 Å². The third kappa shape index (κ3) is 5.19. The maximum Gasteiger partial charge on any atom is 0.417 e. The van der Waals surface area contributed by atoms with E-state index < -0.39 is 47.7 Å². The molecule has 2 heterocycles. The minimum absolute atomic E-state index is 0.183. The lowest BCUT2D eigenvalue weighted by molar-refractivity contribution is -0.138. The molecule has 4 nitrogen and oxygen atoms in total. The predicted octanol–water partition coefficient (Wildman–Crippen LogP) is 4.20. The monoisotopic (exact) mass is 435 g/mol. The molecule has 3 rings (SSSR count). The minimum atomic E-state index is -4.69. The summed E-state index contributed by atoms with van der Waals surface area (Å²) in [7, 11) is 0. The second-order valence-electron chi connectivity index (χ2n) is 6.91. The van der Waals surface area contributed by atoms with Crippen LogP contribution < -0.4 is 10.2 Å². The number of benzene rings is 1. The second kappa shape index (κ2) is 8.11. The SMILES string of the molecule is O=C(Cc1ccc(C(F)(F)F)cc1F)NC1CCN(c2cncc(C(F)(F)F)c2)C1. The summed E-state index contributed by atoms with van der Waals surface area (Å²) >= 11 is 0. The molecule has 11 heteroatoms. The zero-order valence-corrected chi connectivity index (χ0v) is 15.3. The molecule has 0 spiro atoms. The highest BCUT2D eigenvalue weighted by atomic mass is 19.4. The molecule has 0 bridgehead atoms. The lowest BCUT2D eigenvalue weighted by Gasteiger charge is -2.20. The number of aromatic nitrogens is 1. The number of nitrogens with zero attached hydrogens (tertiary/aromatic N) is 2. The number of alkyl halides is 6. The van der Waals surface area contributed by atoms with E-state index in [1.165, 1.54) is 6.20 Å². The molecule has 1 fully saturated rings. The second-order valence-corrected chi connectivity index (χ2v) is 6.91. The minimum Gasteiger partial charge on any atom is -0.368 e. The Morgan fingerprint density at radius 1 is 1.07 bits per heavy atom. The summed E-state index contributed by atoms with van der Waals surface area (Å²) in [5.41, 5.74) is -1.96. The number of halogens is 7. The van der Waals surface area contributed by atoms with E-state index in [4.69, 9.17) is 0 Å². The quantitative estimate of drug-likeness (QED) is 0.733. The van der Waals surface area contributed by atoms with Crippen molar-refractivity contribution in [1.29, 1.82) is 0 Å². The molecule has 1 aliphatic rings. The lowest BCUT2D eigenvalue weighted by atomic mass is 10.1. The third-order valence-corrected chi connectivity index (χ3v) is 4.70. The van der Waals surface area contributed by atoms with Gasteiger partial charge in [-0.3, -0.25) is 9.78 Å². The van der Waals surface area contributed by atoms with Crippen LogP contribution in [0.4, 0.5) is 36.4 Å². The Kier molecular flexibility index (Phi) is 5.91. The van der Waals surface area contributed by atoms with Crippen molar-refractivity contribution >= 4 is 11.6 Å². The standard InChI is InChI=1S/C19H16F7N3O/c20-16-7-12(18(21,22)23)2-1-11(16)5-17(30)28-14-3-4-29(10-14)15-6-13(8-27-9-15)19(24,25)26/h1-2,6-9,14H,3-5,10H2,(H,28,30). The van der Waals surface area contributed by atoms with E-state index in [1.54, 1.807) is 4.90 Å². The maximum atomic E-state index is 13.9. The summed E-state index contributed by atoms with van der Waals surface area (Å²) in [5.74, 6) is -1.73. The highest BCUT2D eigenvalue weighted by molar-refractivity contribution is 5.79. The maximum absolute atomic E-state index is 13.9. The molecule has 1 aromatic heterocycles. The molecule has 1 atom stereocenters. The largest absolute Gasteiger partial charge is 0.417 e. The van der Waals surface area contributed by atoms with E-state index in [0.29, 0.717) is 25.1 Å². The van der Waals surface area contributed by atoms with Gasteiger partial charge in [-0.2, -0.15) is 26.3 Å². The van der Waals surface area contributed by atoms with Gasteiger partial charge in [-0.25, -0.2) is 4.39 Å². The number of carbonyl (C=O) groups is 1. The smallest absolute Gasteiger partial charge is 0.368 e. The number of carbonyl (C=O) groups excluding carboxylic acids is 1. The van der Waals surface area contributed by atoms with Gasteiger partial charge < -0.3 is 10.2 Å². The van der Waals surface area contributed by atoms with Crippen molar-refractivity contribution in [2.75, 3.05) is 18.0 Å². The molecule has 1 saturated heterocycles. The molecule has 1 unspecified atom stereocenters. The van der Waals surface area contributed by atoms with Crippen LogP contribution >= 0.6 is 0 Å². The highest BCUT2D eigenvalue weighted by Gasteiger charge is 2.33. The molecule has 1 amide bonds. The molecule has 0 radical (unpaired) electrons. The summed E-state index contributed by atoms with van der Waals surface area (Å²) < 4.78 is 90.1. The molecule has 30 heavy (non-hydrogen) atoms. The first-order valence-electron chi connectivity index (χ1n) is 8.85. The number of anilines is 1. The van der Waals surface area contributed by atoms with Crippen LogP contribution in [0.5, 0.6) is 0 Å². The number of hydrogen-bond acceptors (Lipinski definition) is 3. The average molecular weight is 435 g/mol. The fourth-order valence-corrected chi connectivity index (χ4v) is 3.19. The van der Waals surface area contributed by atoms with Gasteiger partial charge in [0.25, 0.3) is 0 Å². The summed E-state index contributed by atoms with van der Waals surface area (Å²) in [5, 5.41) is 2.63. The van der Waals surface area contributed by atoms with Gasteiger partial charge in [-0.15, -0.1) is 0 Å². The predicted molar refractivity (Wildman–Crippen MR) is 93.1 cm³/mol.